The number of rotatable bonds is 8. The van der Waals surface area contributed by atoms with Crippen molar-refractivity contribution in [3.05, 3.63) is 60.0 Å². The summed E-state index contributed by atoms with van der Waals surface area (Å²) in [5.74, 6) is -0.689. The van der Waals surface area contributed by atoms with Gasteiger partial charge in [0.1, 0.15) is 29.0 Å². The lowest BCUT2D eigenvalue weighted by molar-refractivity contribution is -0.117. The lowest BCUT2D eigenvalue weighted by atomic mass is 10.2. The number of nitrogens with zero attached hydrogens (tertiary/aromatic N) is 4. The Labute approximate surface area is 194 Å². The first-order chi connectivity index (χ1) is 16.4. The minimum Gasteiger partial charge on any atom is -0.479 e. The standard InChI is InChI=1S/C23H20FN7O3/c24-18-8-5-15(31-10-1-2-20(31)32)12-19(18)29-23-27-13-17(21(26)33)22(30-23)28-14-3-6-16(7-4-14)34-11-9-25/h3-8,12-13H,1-2,10-11H2,(H2,26,33)(H2,27,28,29,30). The molecule has 0 radical (unpaired) electrons. The predicted octanol–water partition coefficient (Wildman–Crippen LogP) is 3.23. The summed E-state index contributed by atoms with van der Waals surface area (Å²) in [7, 11) is 0. The van der Waals surface area contributed by atoms with Crippen LogP contribution in [0.1, 0.15) is 23.2 Å². The maximum atomic E-state index is 14.5. The summed E-state index contributed by atoms with van der Waals surface area (Å²) >= 11 is 0. The first-order valence-electron chi connectivity index (χ1n) is 10.3. The van der Waals surface area contributed by atoms with E-state index in [1.54, 1.807) is 29.2 Å². The smallest absolute Gasteiger partial charge is 0.254 e. The SMILES string of the molecule is N#CCOc1ccc(Nc2nc(Nc3cc(N4CCCC4=O)ccc3F)ncc2C(N)=O)cc1. The Balaban J connectivity index is 1.58. The molecular weight excluding hydrogens is 441 g/mol. The monoisotopic (exact) mass is 461 g/mol. The quantitative estimate of drug-likeness (QED) is 0.463. The topological polar surface area (TPSA) is 146 Å². The number of hydrogen-bond donors (Lipinski definition) is 3. The Morgan fingerprint density at radius 2 is 2.03 bits per heavy atom. The van der Waals surface area contributed by atoms with Gasteiger partial charge in [-0.25, -0.2) is 9.37 Å². The van der Waals surface area contributed by atoms with Gasteiger partial charge in [0.15, 0.2) is 6.61 Å². The van der Waals surface area contributed by atoms with Gasteiger partial charge < -0.3 is 26.0 Å². The third-order valence-corrected chi connectivity index (χ3v) is 5.06. The molecule has 0 spiro atoms. The number of amides is 2. The van der Waals surface area contributed by atoms with E-state index in [1.165, 1.54) is 24.4 Å². The van der Waals surface area contributed by atoms with E-state index >= 15 is 0 Å². The average Bonchev–Trinajstić information content (AvgIpc) is 3.26. The lowest BCUT2D eigenvalue weighted by Gasteiger charge is -2.17. The van der Waals surface area contributed by atoms with Crippen LogP contribution in [0.4, 0.5) is 33.2 Å². The Kier molecular flexibility index (Phi) is 6.49. The zero-order chi connectivity index (χ0) is 24.1. The third-order valence-electron chi connectivity index (χ3n) is 5.06. The average molecular weight is 461 g/mol. The summed E-state index contributed by atoms with van der Waals surface area (Å²) in [5, 5.41) is 14.4. The maximum absolute atomic E-state index is 14.5. The number of anilines is 5. The van der Waals surface area contributed by atoms with Crippen LogP contribution in [0.5, 0.6) is 5.75 Å². The summed E-state index contributed by atoms with van der Waals surface area (Å²) in [5.41, 5.74) is 6.70. The van der Waals surface area contributed by atoms with Gasteiger partial charge in [0.2, 0.25) is 11.9 Å². The summed E-state index contributed by atoms with van der Waals surface area (Å²) in [6.07, 6.45) is 2.44. The molecule has 2 aromatic carbocycles. The van der Waals surface area contributed by atoms with Crippen molar-refractivity contribution in [1.82, 2.24) is 9.97 Å². The largest absolute Gasteiger partial charge is 0.479 e. The highest BCUT2D eigenvalue weighted by Gasteiger charge is 2.22. The molecule has 0 aliphatic carbocycles. The van der Waals surface area contributed by atoms with E-state index in [1.807, 2.05) is 6.07 Å². The van der Waals surface area contributed by atoms with Crippen LogP contribution in [0, 0.1) is 17.1 Å². The fourth-order valence-corrected chi connectivity index (χ4v) is 3.42. The van der Waals surface area contributed by atoms with Gasteiger partial charge in [-0.1, -0.05) is 0 Å². The van der Waals surface area contributed by atoms with Gasteiger partial charge in [-0.05, 0) is 48.9 Å². The van der Waals surface area contributed by atoms with Crippen LogP contribution in [-0.2, 0) is 4.79 Å². The van der Waals surface area contributed by atoms with Crippen molar-refractivity contribution in [2.75, 3.05) is 28.7 Å². The van der Waals surface area contributed by atoms with Gasteiger partial charge in [0, 0.05) is 30.5 Å². The number of halogens is 1. The van der Waals surface area contributed by atoms with Gasteiger partial charge in [0.05, 0.1) is 5.69 Å². The molecule has 10 nitrogen and oxygen atoms in total. The number of benzene rings is 2. The molecule has 1 aliphatic rings. The van der Waals surface area contributed by atoms with Crippen molar-refractivity contribution >= 4 is 40.6 Å². The molecular formula is C23H20FN7O3. The molecule has 11 heteroatoms. The minimum absolute atomic E-state index is 0.0184. The van der Waals surface area contributed by atoms with E-state index in [4.69, 9.17) is 15.7 Å². The van der Waals surface area contributed by atoms with Crippen molar-refractivity contribution in [2.24, 2.45) is 5.73 Å². The highest BCUT2D eigenvalue weighted by molar-refractivity contribution is 5.98. The van der Waals surface area contributed by atoms with Crippen molar-refractivity contribution in [3.8, 4) is 11.8 Å². The van der Waals surface area contributed by atoms with Crippen LogP contribution >= 0.6 is 0 Å². The van der Waals surface area contributed by atoms with Gasteiger partial charge in [0.25, 0.3) is 5.91 Å². The van der Waals surface area contributed by atoms with Crippen molar-refractivity contribution in [2.45, 2.75) is 12.8 Å². The molecule has 2 heterocycles. The number of carbonyl (C=O) groups excluding carboxylic acids is 2. The third kappa shape index (κ3) is 5.02. The van der Waals surface area contributed by atoms with Crippen molar-refractivity contribution < 1.29 is 18.7 Å². The zero-order valence-electron chi connectivity index (χ0n) is 17.9. The fraction of sp³-hybridized carbons (Fsp3) is 0.174. The molecule has 1 fully saturated rings. The molecule has 0 atom stereocenters. The number of carbonyl (C=O) groups is 2. The molecule has 1 aliphatic heterocycles. The van der Waals surface area contributed by atoms with Crippen LogP contribution < -0.4 is 26.0 Å². The molecule has 1 aromatic heterocycles. The summed E-state index contributed by atoms with van der Waals surface area (Å²) in [6, 6.07) is 12.8. The molecule has 0 unspecified atom stereocenters. The molecule has 4 N–H and O–H groups in total. The van der Waals surface area contributed by atoms with Crippen LogP contribution in [-0.4, -0.2) is 34.9 Å². The Morgan fingerprint density at radius 3 is 2.71 bits per heavy atom. The number of nitrogens with one attached hydrogen (secondary N) is 2. The first kappa shape index (κ1) is 22.5. The van der Waals surface area contributed by atoms with Crippen LogP contribution in [0.3, 0.4) is 0 Å². The van der Waals surface area contributed by atoms with Gasteiger partial charge in [-0.3, -0.25) is 9.59 Å². The van der Waals surface area contributed by atoms with Crippen LogP contribution in [0.15, 0.2) is 48.7 Å². The Hall–Kier alpha value is -4.72. The van der Waals surface area contributed by atoms with Gasteiger partial charge in [-0.15, -0.1) is 0 Å². The molecule has 0 saturated carbocycles. The first-order valence-corrected chi connectivity index (χ1v) is 10.3. The number of nitriles is 1. The van der Waals surface area contributed by atoms with Crippen LogP contribution in [0.2, 0.25) is 0 Å². The maximum Gasteiger partial charge on any atom is 0.254 e. The zero-order valence-corrected chi connectivity index (χ0v) is 17.9. The van der Waals surface area contributed by atoms with Gasteiger partial charge in [-0.2, -0.15) is 10.2 Å². The highest BCUT2D eigenvalue weighted by atomic mass is 19.1. The highest BCUT2D eigenvalue weighted by Crippen LogP contribution is 2.29. The Bertz CT molecular complexity index is 1270. The number of aromatic nitrogens is 2. The molecule has 1 saturated heterocycles. The molecule has 4 rings (SSSR count). The fourth-order valence-electron chi connectivity index (χ4n) is 3.42. The van der Waals surface area contributed by atoms with E-state index in [2.05, 4.69) is 20.6 Å². The Morgan fingerprint density at radius 1 is 1.24 bits per heavy atom. The second kappa shape index (κ2) is 9.83. The van der Waals surface area contributed by atoms with Crippen molar-refractivity contribution in [1.29, 1.82) is 5.26 Å². The van der Waals surface area contributed by atoms with Crippen molar-refractivity contribution in [3.63, 3.8) is 0 Å². The normalized spacial score (nSPS) is 12.8. The number of nitrogens with two attached hydrogens (primary N) is 1. The molecule has 3 aromatic rings. The van der Waals surface area contributed by atoms with E-state index in [0.29, 0.717) is 30.1 Å². The molecule has 34 heavy (non-hydrogen) atoms. The number of hydrogen-bond acceptors (Lipinski definition) is 8. The second-order valence-electron chi connectivity index (χ2n) is 7.35. The minimum atomic E-state index is -0.747. The summed E-state index contributed by atoms with van der Waals surface area (Å²) < 4.78 is 19.7. The molecule has 2 amide bonds. The van der Waals surface area contributed by atoms with E-state index in [0.717, 1.165) is 6.42 Å². The van der Waals surface area contributed by atoms with Gasteiger partial charge >= 0.3 is 0 Å². The summed E-state index contributed by atoms with van der Waals surface area (Å²) in [4.78, 5) is 33.8. The summed E-state index contributed by atoms with van der Waals surface area (Å²) in [6.45, 7) is 0.491. The lowest BCUT2D eigenvalue weighted by Crippen LogP contribution is -2.23. The number of primary amides is 1. The van der Waals surface area contributed by atoms with E-state index < -0.39 is 11.7 Å². The molecule has 0 bridgehead atoms. The van der Waals surface area contributed by atoms with E-state index in [-0.39, 0.29) is 35.5 Å². The van der Waals surface area contributed by atoms with Crippen LogP contribution in [0.25, 0.3) is 0 Å². The number of ether oxygens (including phenoxy) is 1. The second-order valence-corrected chi connectivity index (χ2v) is 7.35. The predicted molar refractivity (Wildman–Crippen MR) is 123 cm³/mol. The molecule has 172 valence electrons. The van der Waals surface area contributed by atoms with E-state index in [9.17, 15) is 14.0 Å².